The maximum absolute atomic E-state index is 11.7. The quantitative estimate of drug-likeness (QED) is 0.689. The van der Waals surface area contributed by atoms with Crippen molar-refractivity contribution in [3.63, 3.8) is 0 Å². The van der Waals surface area contributed by atoms with Crippen LogP contribution in [0.1, 0.15) is 58.8 Å². The molecule has 2 fully saturated rings. The van der Waals surface area contributed by atoms with Gasteiger partial charge in [0.05, 0.1) is 0 Å². The number of hydrogen-bond acceptors (Lipinski definition) is 1. The van der Waals surface area contributed by atoms with E-state index >= 15 is 0 Å². The molecule has 0 aromatic rings. The zero-order valence-corrected chi connectivity index (χ0v) is 10.2. The van der Waals surface area contributed by atoms with Crippen molar-refractivity contribution in [1.29, 1.82) is 0 Å². The van der Waals surface area contributed by atoms with E-state index in [0.29, 0.717) is 5.78 Å². The van der Waals surface area contributed by atoms with Gasteiger partial charge in [0.15, 0.2) is 0 Å². The van der Waals surface area contributed by atoms with E-state index in [1.165, 1.54) is 38.5 Å². The molecular formula is C14H24O. The summed E-state index contributed by atoms with van der Waals surface area (Å²) in [5.74, 6) is 3.38. The first-order valence-corrected chi connectivity index (χ1v) is 6.68. The average Bonchev–Trinajstić information content (AvgIpc) is 2.16. The molecule has 2 atom stereocenters. The largest absolute Gasteiger partial charge is 0.299 e. The highest BCUT2D eigenvalue weighted by atomic mass is 16.1. The lowest BCUT2D eigenvalue weighted by molar-refractivity contribution is -0.123. The van der Waals surface area contributed by atoms with Crippen LogP contribution in [-0.4, -0.2) is 5.78 Å². The maximum atomic E-state index is 11.7. The second-order valence-electron chi connectivity index (χ2n) is 6.06. The van der Waals surface area contributed by atoms with Gasteiger partial charge in [-0.25, -0.2) is 0 Å². The molecule has 0 spiro atoms. The van der Waals surface area contributed by atoms with E-state index in [-0.39, 0.29) is 5.92 Å². The number of ketones is 1. The van der Waals surface area contributed by atoms with Gasteiger partial charge in [0.2, 0.25) is 0 Å². The first-order valence-electron chi connectivity index (χ1n) is 6.68. The number of carbonyl (C=O) groups excluding carboxylic acids is 1. The molecule has 0 radical (unpaired) electrons. The fraction of sp³-hybridized carbons (Fsp3) is 0.929. The fourth-order valence-electron chi connectivity index (χ4n) is 3.56. The van der Waals surface area contributed by atoms with Crippen LogP contribution in [0.2, 0.25) is 0 Å². The maximum Gasteiger partial charge on any atom is 0.135 e. The second-order valence-corrected chi connectivity index (χ2v) is 6.06. The normalized spacial score (nSPS) is 35.5. The highest BCUT2D eigenvalue weighted by Crippen LogP contribution is 2.43. The summed E-state index contributed by atoms with van der Waals surface area (Å²) in [5, 5.41) is 0. The predicted molar refractivity (Wildman–Crippen MR) is 62.6 cm³/mol. The standard InChI is InChI=1S/C14H24O/c1-10(2)14(15)9-13-7-11-4-3-5-12(6-11)8-13/h10-13H,3-9H2,1-2H3. The fourth-order valence-corrected chi connectivity index (χ4v) is 3.56. The minimum absolute atomic E-state index is 0.242. The molecule has 2 unspecified atom stereocenters. The van der Waals surface area contributed by atoms with Crippen molar-refractivity contribution in [3.05, 3.63) is 0 Å². The topological polar surface area (TPSA) is 17.1 Å². The summed E-state index contributed by atoms with van der Waals surface area (Å²) < 4.78 is 0. The van der Waals surface area contributed by atoms with Gasteiger partial charge in [-0.2, -0.15) is 0 Å². The Bertz CT molecular complexity index is 219. The van der Waals surface area contributed by atoms with Gasteiger partial charge in [0.25, 0.3) is 0 Å². The number of carbonyl (C=O) groups is 1. The summed E-state index contributed by atoms with van der Waals surface area (Å²) in [6, 6.07) is 0. The van der Waals surface area contributed by atoms with Gasteiger partial charge in [-0.1, -0.05) is 33.1 Å². The van der Waals surface area contributed by atoms with Gasteiger partial charge >= 0.3 is 0 Å². The highest BCUT2D eigenvalue weighted by molar-refractivity contribution is 5.80. The van der Waals surface area contributed by atoms with E-state index in [9.17, 15) is 4.79 Å². The monoisotopic (exact) mass is 208 g/mol. The van der Waals surface area contributed by atoms with Crippen LogP contribution in [0.15, 0.2) is 0 Å². The lowest BCUT2D eigenvalue weighted by Gasteiger charge is -2.39. The number of rotatable bonds is 3. The third kappa shape index (κ3) is 2.83. The van der Waals surface area contributed by atoms with Gasteiger partial charge in [-0.3, -0.25) is 4.79 Å². The molecule has 2 aliphatic carbocycles. The summed E-state index contributed by atoms with van der Waals surface area (Å²) in [6.45, 7) is 4.07. The Kier molecular flexibility index (Phi) is 3.48. The smallest absolute Gasteiger partial charge is 0.135 e. The molecule has 86 valence electrons. The highest BCUT2D eigenvalue weighted by Gasteiger charge is 2.32. The molecule has 2 saturated carbocycles. The van der Waals surface area contributed by atoms with Gasteiger partial charge in [0, 0.05) is 12.3 Å². The summed E-state index contributed by atoms with van der Waals surface area (Å²) in [7, 11) is 0. The van der Waals surface area contributed by atoms with E-state index in [0.717, 1.165) is 24.2 Å². The minimum atomic E-state index is 0.242. The van der Waals surface area contributed by atoms with Crippen LogP contribution < -0.4 is 0 Å². The lowest BCUT2D eigenvalue weighted by atomic mass is 9.67. The summed E-state index contributed by atoms with van der Waals surface area (Å²) >= 11 is 0. The Morgan fingerprint density at radius 1 is 1.13 bits per heavy atom. The van der Waals surface area contributed by atoms with E-state index < -0.39 is 0 Å². The van der Waals surface area contributed by atoms with Crippen LogP contribution in [0, 0.1) is 23.7 Å². The molecule has 2 rings (SSSR count). The third-order valence-electron chi connectivity index (χ3n) is 4.36. The molecule has 0 heterocycles. The SMILES string of the molecule is CC(C)C(=O)CC1CC2CCCC(C2)C1. The van der Waals surface area contributed by atoms with Crippen molar-refractivity contribution in [2.75, 3.05) is 0 Å². The Morgan fingerprint density at radius 2 is 1.73 bits per heavy atom. The average molecular weight is 208 g/mol. The number of Topliss-reactive ketones (excluding diaryl/α,β-unsaturated/α-hetero) is 1. The molecule has 2 bridgehead atoms. The van der Waals surface area contributed by atoms with Crippen molar-refractivity contribution < 1.29 is 4.79 Å². The molecule has 0 amide bonds. The van der Waals surface area contributed by atoms with E-state index in [1.807, 2.05) is 13.8 Å². The van der Waals surface area contributed by atoms with Gasteiger partial charge in [-0.05, 0) is 37.0 Å². The first kappa shape index (κ1) is 11.2. The Labute approximate surface area is 93.6 Å². The van der Waals surface area contributed by atoms with Crippen LogP contribution in [0.25, 0.3) is 0 Å². The van der Waals surface area contributed by atoms with Crippen LogP contribution in [0.4, 0.5) is 0 Å². The Hall–Kier alpha value is -0.330. The molecule has 0 aromatic carbocycles. The summed E-state index contributed by atoms with van der Waals surface area (Å²) in [6.07, 6.45) is 9.33. The van der Waals surface area contributed by atoms with Crippen LogP contribution in [-0.2, 0) is 4.79 Å². The first-order chi connectivity index (χ1) is 7.15. The molecule has 0 saturated heterocycles. The van der Waals surface area contributed by atoms with Crippen molar-refractivity contribution >= 4 is 5.78 Å². The predicted octanol–water partition coefficient (Wildman–Crippen LogP) is 3.82. The molecule has 0 aromatic heterocycles. The summed E-state index contributed by atoms with van der Waals surface area (Å²) in [5.41, 5.74) is 0. The van der Waals surface area contributed by atoms with Crippen molar-refractivity contribution in [2.24, 2.45) is 23.7 Å². The Morgan fingerprint density at radius 3 is 2.27 bits per heavy atom. The lowest BCUT2D eigenvalue weighted by Crippen LogP contribution is -2.28. The number of hydrogen-bond donors (Lipinski definition) is 0. The molecule has 2 aliphatic rings. The molecular weight excluding hydrogens is 184 g/mol. The van der Waals surface area contributed by atoms with Crippen molar-refractivity contribution in [3.8, 4) is 0 Å². The molecule has 15 heavy (non-hydrogen) atoms. The van der Waals surface area contributed by atoms with Gasteiger partial charge < -0.3 is 0 Å². The van der Waals surface area contributed by atoms with E-state index in [2.05, 4.69) is 0 Å². The van der Waals surface area contributed by atoms with E-state index in [1.54, 1.807) is 0 Å². The zero-order chi connectivity index (χ0) is 10.8. The molecule has 1 nitrogen and oxygen atoms in total. The molecule has 0 N–H and O–H groups in total. The van der Waals surface area contributed by atoms with Gasteiger partial charge in [0.1, 0.15) is 5.78 Å². The summed E-state index contributed by atoms with van der Waals surface area (Å²) in [4.78, 5) is 11.7. The van der Waals surface area contributed by atoms with Gasteiger partial charge in [-0.15, -0.1) is 0 Å². The van der Waals surface area contributed by atoms with Crippen molar-refractivity contribution in [2.45, 2.75) is 58.8 Å². The molecule has 1 heteroatoms. The zero-order valence-electron chi connectivity index (χ0n) is 10.2. The Balaban J connectivity index is 1.86. The molecule has 0 aliphatic heterocycles. The van der Waals surface area contributed by atoms with Crippen LogP contribution >= 0.6 is 0 Å². The van der Waals surface area contributed by atoms with Crippen molar-refractivity contribution in [1.82, 2.24) is 0 Å². The van der Waals surface area contributed by atoms with Crippen LogP contribution in [0.5, 0.6) is 0 Å². The number of fused-ring (bicyclic) bond motifs is 2. The van der Waals surface area contributed by atoms with Crippen LogP contribution in [0.3, 0.4) is 0 Å². The second kappa shape index (κ2) is 4.67. The van der Waals surface area contributed by atoms with E-state index in [4.69, 9.17) is 0 Å². The minimum Gasteiger partial charge on any atom is -0.299 e. The third-order valence-corrected chi connectivity index (χ3v) is 4.36.